The number of anilines is 1. The van der Waals surface area contributed by atoms with E-state index < -0.39 is 10.0 Å². The van der Waals surface area contributed by atoms with Crippen molar-refractivity contribution in [1.29, 1.82) is 0 Å². The lowest BCUT2D eigenvalue weighted by Gasteiger charge is -2.29. The first-order valence-electron chi connectivity index (χ1n) is 7.61. The van der Waals surface area contributed by atoms with Gasteiger partial charge in [-0.3, -0.25) is 4.79 Å². The Morgan fingerprint density at radius 2 is 2.04 bits per heavy atom. The Morgan fingerprint density at radius 3 is 2.61 bits per heavy atom. The fourth-order valence-electron chi connectivity index (χ4n) is 2.68. The van der Waals surface area contributed by atoms with E-state index in [9.17, 15) is 13.2 Å². The van der Waals surface area contributed by atoms with Crippen molar-refractivity contribution in [1.82, 2.24) is 14.2 Å². The van der Waals surface area contributed by atoms with Gasteiger partial charge in [-0.15, -0.1) is 0 Å². The van der Waals surface area contributed by atoms with Crippen LogP contribution < -0.4 is 5.32 Å². The SMILES string of the molecule is CN(C)Cc1ccnc(NC(=O)C2CCN(S(C)(=O)=O)CC2)c1. The molecule has 1 aliphatic heterocycles. The molecule has 0 atom stereocenters. The highest BCUT2D eigenvalue weighted by atomic mass is 32.2. The molecular formula is C15H24N4O3S. The number of carbonyl (C=O) groups is 1. The molecule has 7 nitrogen and oxygen atoms in total. The van der Waals surface area contributed by atoms with Crippen molar-refractivity contribution in [3.8, 4) is 0 Å². The number of amides is 1. The molecule has 0 unspecified atom stereocenters. The van der Waals surface area contributed by atoms with Crippen LogP contribution >= 0.6 is 0 Å². The van der Waals surface area contributed by atoms with Crippen molar-refractivity contribution in [3.05, 3.63) is 23.9 Å². The number of sulfonamides is 1. The quantitative estimate of drug-likeness (QED) is 0.855. The Morgan fingerprint density at radius 1 is 1.39 bits per heavy atom. The van der Waals surface area contributed by atoms with Gasteiger partial charge in [-0.25, -0.2) is 17.7 Å². The summed E-state index contributed by atoms with van der Waals surface area (Å²) in [5.41, 5.74) is 1.08. The number of hydrogen-bond donors (Lipinski definition) is 1. The molecule has 1 amide bonds. The van der Waals surface area contributed by atoms with Crippen LogP contribution in [0.5, 0.6) is 0 Å². The summed E-state index contributed by atoms with van der Waals surface area (Å²) in [7, 11) is 0.794. The number of rotatable bonds is 5. The molecule has 128 valence electrons. The van der Waals surface area contributed by atoms with E-state index in [1.165, 1.54) is 10.6 Å². The van der Waals surface area contributed by atoms with Gasteiger partial charge in [0.1, 0.15) is 5.82 Å². The molecule has 1 saturated heterocycles. The van der Waals surface area contributed by atoms with Crippen LogP contribution in [0.2, 0.25) is 0 Å². The standard InChI is InChI=1S/C15H24N4O3S/c1-18(2)11-12-4-7-16-14(10-12)17-15(20)13-5-8-19(9-6-13)23(3,21)22/h4,7,10,13H,5-6,8-9,11H2,1-3H3,(H,16,17,20). The zero-order valence-electron chi connectivity index (χ0n) is 13.8. The van der Waals surface area contributed by atoms with E-state index in [2.05, 4.69) is 10.3 Å². The summed E-state index contributed by atoms with van der Waals surface area (Å²) >= 11 is 0. The van der Waals surface area contributed by atoms with Crippen LogP contribution in [0.25, 0.3) is 0 Å². The van der Waals surface area contributed by atoms with Gasteiger partial charge in [0.2, 0.25) is 15.9 Å². The molecule has 2 heterocycles. The van der Waals surface area contributed by atoms with Gasteiger partial charge < -0.3 is 10.2 Å². The van der Waals surface area contributed by atoms with Crippen molar-refractivity contribution in [2.24, 2.45) is 5.92 Å². The van der Waals surface area contributed by atoms with Crippen LogP contribution in [-0.2, 0) is 21.4 Å². The van der Waals surface area contributed by atoms with E-state index in [-0.39, 0.29) is 11.8 Å². The molecule has 1 N–H and O–H groups in total. The first-order valence-corrected chi connectivity index (χ1v) is 9.46. The third-order valence-electron chi connectivity index (χ3n) is 3.87. The lowest BCUT2D eigenvalue weighted by molar-refractivity contribution is -0.120. The summed E-state index contributed by atoms with van der Waals surface area (Å²) in [4.78, 5) is 18.6. The predicted molar refractivity (Wildman–Crippen MR) is 89.4 cm³/mol. The number of aromatic nitrogens is 1. The highest BCUT2D eigenvalue weighted by Gasteiger charge is 2.29. The van der Waals surface area contributed by atoms with Crippen LogP contribution in [0.15, 0.2) is 18.3 Å². The molecule has 1 aromatic heterocycles. The van der Waals surface area contributed by atoms with Crippen molar-refractivity contribution < 1.29 is 13.2 Å². The summed E-state index contributed by atoms with van der Waals surface area (Å²) in [6, 6.07) is 3.78. The van der Waals surface area contributed by atoms with E-state index in [1.807, 2.05) is 31.1 Å². The van der Waals surface area contributed by atoms with Gasteiger partial charge in [0, 0.05) is 31.7 Å². The van der Waals surface area contributed by atoms with Gasteiger partial charge in [0.15, 0.2) is 0 Å². The minimum atomic E-state index is -3.17. The van der Waals surface area contributed by atoms with Crippen molar-refractivity contribution >= 4 is 21.7 Å². The van der Waals surface area contributed by atoms with Crippen molar-refractivity contribution in [3.63, 3.8) is 0 Å². The van der Waals surface area contributed by atoms with Gasteiger partial charge in [0.25, 0.3) is 0 Å². The Kier molecular flexibility index (Phi) is 5.72. The Hall–Kier alpha value is -1.51. The molecule has 8 heteroatoms. The molecule has 0 aliphatic carbocycles. The summed E-state index contributed by atoms with van der Waals surface area (Å²) in [6.07, 6.45) is 3.96. The largest absolute Gasteiger partial charge is 0.310 e. The van der Waals surface area contributed by atoms with Crippen molar-refractivity contribution in [2.45, 2.75) is 19.4 Å². The van der Waals surface area contributed by atoms with Crippen LogP contribution in [0.4, 0.5) is 5.82 Å². The molecule has 23 heavy (non-hydrogen) atoms. The summed E-state index contributed by atoms with van der Waals surface area (Å²) < 4.78 is 24.4. The monoisotopic (exact) mass is 340 g/mol. The first kappa shape index (κ1) is 17.8. The molecule has 0 aromatic carbocycles. The van der Waals surface area contributed by atoms with Crippen LogP contribution in [-0.4, -0.2) is 62.0 Å². The maximum absolute atomic E-state index is 12.3. The van der Waals surface area contributed by atoms with Gasteiger partial charge in [-0.05, 0) is 44.6 Å². The second-order valence-corrected chi connectivity index (χ2v) is 8.20. The topological polar surface area (TPSA) is 82.6 Å². The maximum Gasteiger partial charge on any atom is 0.228 e. The zero-order valence-corrected chi connectivity index (χ0v) is 14.6. The van der Waals surface area contributed by atoms with Gasteiger partial charge in [0.05, 0.1) is 6.26 Å². The Balaban J connectivity index is 1.93. The smallest absolute Gasteiger partial charge is 0.228 e. The van der Waals surface area contributed by atoms with Gasteiger partial charge in [-0.2, -0.15) is 0 Å². The van der Waals surface area contributed by atoms with E-state index in [0.717, 1.165) is 12.1 Å². The van der Waals surface area contributed by atoms with Crippen LogP contribution in [0.1, 0.15) is 18.4 Å². The van der Waals surface area contributed by atoms with E-state index in [1.54, 1.807) is 6.20 Å². The van der Waals surface area contributed by atoms with E-state index in [0.29, 0.717) is 31.7 Å². The number of pyridine rings is 1. The van der Waals surface area contributed by atoms with Gasteiger partial charge in [-0.1, -0.05) is 0 Å². The molecule has 1 aliphatic rings. The van der Waals surface area contributed by atoms with E-state index in [4.69, 9.17) is 0 Å². The molecule has 0 spiro atoms. The second kappa shape index (κ2) is 7.37. The fraction of sp³-hybridized carbons (Fsp3) is 0.600. The maximum atomic E-state index is 12.3. The normalized spacial score (nSPS) is 17.4. The number of piperidine rings is 1. The molecule has 0 radical (unpaired) electrons. The molecule has 0 bridgehead atoms. The molecule has 1 aromatic rings. The van der Waals surface area contributed by atoms with E-state index >= 15 is 0 Å². The minimum absolute atomic E-state index is 0.0901. The number of nitrogens with one attached hydrogen (secondary N) is 1. The van der Waals surface area contributed by atoms with Crippen molar-refractivity contribution in [2.75, 3.05) is 38.8 Å². The summed E-state index contributed by atoms with van der Waals surface area (Å²) in [5, 5.41) is 2.84. The Labute approximate surface area is 137 Å². The minimum Gasteiger partial charge on any atom is -0.310 e. The third-order valence-corrected chi connectivity index (χ3v) is 5.17. The molecular weight excluding hydrogens is 316 g/mol. The molecule has 0 saturated carbocycles. The average molecular weight is 340 g/mol. The molecule has 2 rings (SSSR count). The average Bonchev–Trinajstić information content (AvgIpc) is 2.46. The van der Waals surface area contributed by atoms with Crippen LogP contribution in [0.3, 0.4) is 0 Å². The zero-order chi connectivity index (χ0) is 17.0. The highest BCUT2D eigenvalue weighted by molar-refractivity contribution is 7.88. The number of hydrogen-bond acceptors (Lipinski definition) is 5. The number of nitrogens with zero attached hydrogens (tertiary/aromatic N) is 3. The lowest BCUT2D eigenvalue weighted by atomic mass is 9.97. The van der Waals surface area contributed by atoms with Gasteiger partial charge >= 0.3 is 0 Å². The van der Waals surface area contributed by atoms with Crippen LogP contribution in [0, 0.1) is 5.92 Å². The second-order valence-electron chi connectivity index (χ2n) is 6.21. The lowest BCUT2D eigenvalue weighted by Crippen LogP contribution is -2.40. The first-order chi connectivity index (χ1) is 10.8. The third kappa shape index (κ3) is 5.26. The Bertz CT molecular complexity index is 652. The summed E-state index contributed by atoms with van der Waals surface area (Å²) in [6.45, 7) is 1.56. The highest BCUT2D eigenvalue weighted by Crippen LogP contribution is 2.21. The summed E-state index contributed by atoms with van der Waals surface area (Å²) in [5.74, 6) is 0.278. The fourth-order valence-corrected chi connectivity index (χ4v) is 3.56. The number of carbonyl (C=O) groups excluding carboxylic acids is 1. The molecule has 1 fully saturated rings. The predicted octanol–water partition coefficient (Wildman–Crippen LogP) is 0.753.